The van der Waals surface area contributed by atoms with Crippen molar-refractivity contribution < 1.29 is 23.0 Å². The number of halogens is 2. The summed E-state index contributed by atoms with van der Waals surface area (Å²) in [6, 6.07) is 3.52. The monoisotopic (exact) mass is 350 g/mol. The zero-order valence-electron chi connectivity index (χ0n) is 15.2. The third-order valence-corrected chi connectivity index (χ3v) is 3.43. The van der Waals surface area contributed by atoms with E-state index >= 15 is 0 Å². The van der Waals surface area contributed by atoms with Gasteiger partial charge < -0.3 is 14.2 Å². The van der Waals surface area contributed by atoms with Crippen molar-refractivity contribution >= 4 is 6.08 Å². The molecule has 0 unspecified atom stereocenters. The van der Waals surface area contributed by atoms with E-state index in [4.69, 9.17) is 14.2 Å². The van der Waals surface area contributed by atoms with E-state index in [1.165, 1.54) is 26.4 Å². The van der Waals surface area contributed by atoms with Crippen molar-refractivity contribution in [1.29, 1.82) is 0 Å². The van der Waals surface area contributed by atoms with Crippen LogP contribution in [0.4, 0.5) is 8.78 Å². The molecule has 136 valence electrons. The normalized spacial score (nSPS) is 13.7. The van der Waals surface area contributed by atoms with Crippen LogP contribution in [0.2, 0.25) is 0 Å². The minimum absolute atomic E-state index is 0.350. The number of ether oxygens (including phenoxy) is 3. The lowest BCUT2D eigenvalue weighted by atomic mass is 10.1. The van der Waals surface area contributed by atoms with Crippen LogP contribution in [0.15, 0.2) is 59.3 Å². The molecule has 3 nitrogen and oxygen atoms in total. The number of rotatable bonds is 8. The summed E-state index contributed by atoms with van der Waals surface area (Å²) in [5.74, 6) is 0.380. The van der Waals surface area contributed by atoms with Crippen molar-refractivity contribution in [1.82, 2.24) is 0 Å². The maximum Gasteiger partial charge on any atom is 0.202 e. The smallest absolute Gasteiger partial charge is 0.202 e. The van der Waals surface area contributed by atoms with Crippen molar-refractivity contribution in [3.63, 3.8) is 0 Å². The Morgan fingerprint density at radius 1 is 1.08 bits per heavy atom. The molecule has 0 N–H and O–H groups in total. The van der Waals surface area contributed by atoms with Gasteiger partial charge in [-0.2, -0.15) is 0 Å². The van der Waals surface area contributed by atoms with E-state index in [1.54, 1.807) is 25.3 Å². The molecular formula is C20H24F2O3. The summed E-state index contributed by atoms with van der Waals surface area (Å²) >= 11 is 0. The van der Waals surface area contributed by atoms with E-state index in [2.05, 4.69) is 0 Å². The van der Waals surface area contributed by atoms with E-state index in [1.807, 2.05) is 19.9 Å². The van der Waals surface area contributed by atoms with Crippen molar-refractivity contribution in [3.8, 4) is 0 Å². The van der Waals surface area contributed by atoms with Gasteiger partial charge in [-0.05, 0) is 44.6 Å². The first-order chi connectivity index (χ1) is 12.0. The zero-order valence-corrected chi connectivity index (χ0v) is 15.2. The summed E-state index contributed by atoms with van der Waals surface area (Å²) in [5.41, 5.74) is 1.26. The van der Waals surface area contributed by atoms with E-state index in [-0.39, 0.29) is 0 Å². The highest BCUT2D eigenvalue weighted by atomic mass is 19.1. The molecule has 0 aliphatic heterocycles. The molecule has 5 heteroatoms. The molecule has 1 aromatic carbocycles. The fraction of sp³-hybridized carbons (Fsp3) is 0.300. The molecule has 0 fully saturated rings. The van der Waals surface area contributed by atoms with Crippen LogP contribution >= 0.6 is 0 Å². The number of hydrogen-bond acceptors (Lipinski definition) is 3. The number of allylic oxidation sites excluding steroid dienone is 4. The maximum atomic E-state index is 13.7. The van der Waals surface area contributed by atoms with Crippen LogP contribution in [0, 0.1) is 11.6 Å². The third-order valence-electron chi connectivity index (χ3n) is 3.43. The average Bonchev–Trinajstić information content (AvgIpc) is 2.59. The highest BCUT2D eigenvalue weighted by Gasteiger charge is 2.11. The van der Waals surface area contributed by atoms with Gasteiger partial charge in [0.25, 0.3) is 0 Å². The van der Waals surface area contributed by atoms with Crippen molar-refractivity contribution in [2.45, 2.75) is 20.3 Å². The van der Waals surface area contributed by atoms with Crippen LogP contribution in [0.1, 0.15) is 25.8 Å². The van der Waals surface area contributed by atoms with Crippen molar-refractivity contribution in [3.05, 3.63) is 76.5 Å². The molecule has 0 amide bonds. The highest BCUT2D eigenvalue weighted by Crippen LogP contribution is 2.19. The van der Waals surface area contributed by atoms with Gasteiger partial charge in [0.1, 0.15) is 11.6 Å². The average molecular weight is 350 g/mol. The van der Waals surface area contributed by atoms with Crippen LogP contribution in [0.5, 0.6) is 0 Å². The summed E-state index contributed by atoms with van der Waals surface area (Å²) in [5, 5.41) is 0. The topological polar surface area (TPSA) is 27.7 Å². The van der Waals surface area contributed by atoms with Crippen LogP contribution in [-0.4, -0.2) is 21.3 Å². The van der Waals surface area contributed by atoms with Gasteiger partial charge >= 0.3 is 0 Å². The first kappa shape index (κ1) is 20.5. The Hall–Kier alpha value is -2.56. The van der Waals surface area contributed by atoms with Crippen LogP contribution in [-0.2, 0) is 14.2 Å². The predicted molar refractivity (Wildman–Crippen MR) is 95.6 cm³/mol. The first-order valence-electron chi connectivity index (χ1n) is 7.78. The van der Waals surface area contributed by atoms with Gasteiger partial charge in [0.15, 0.2) is 11.5 Å². The molecule has 1 aromatic rings. The standard InChI is InChI=1S/C20H24F2O3/c1-6-18(23-3)20(25-5)19(24-4)9-7-8-14(2)12-15-10-11-16(21)13-17(15)22/h6-7,9-13H,8H2,1-5H3/b9-7+,14-12+,18-6+,20-19-. The van der Waals surface area contributed by atoms with Crippen LogP contribution < -0.4 is 0 Å². The second-order valence-corrected chi connectivity index (χ2v) is 5.22. The largest absolute Gasteiger partial charge is 0.493 e. The van der Waals surface area contributed by atoms with E-state index in [0.717, 1.165) is 11.6 Å². The molecule has 0 saturated carbocycles. The van der Waals surface area contributed by atoms with Crippen LogP contribution in [0.3, 0.4) is 0 Å². The molecule has 0 aromatic heterocycles. The molecule has 0 heterocycles. The van der Waals surface area contributed by atoms with Gasteiger partial charge in [-0.15, -0.1) is 0 Å². The van der Waals surface area contributed by atoms with Gasteiger partial charge in [-0.3, -0.25) is 0 Å². The van der Waals surface area contributed by atoms with Crippen molar-refractivity contribution in [2.75, 3.05) is 21.3 Å². The molecule has 0 atom stereocenters. The Bertz CT molecular complexity index is 701. The molecule has 0 aliphatic carbocycles. The van der Waals surface area contributed by atoms with E-state index in [9.17, 15) is 8.78 Å². The van der Waals surface area contributed by atoms with Gasteiger partial charge in [0.2, 0.25) is 5.76 Å². The Kier molecular flexibility index (Phi) is 8.47. The van der Waals surface area contributed by atoms with Gasteiger partial charge in [-0.25, -0.2) is 8.78 Å². The third kappa shape index (κ3) is 6.10. The molecule has 0 bridgehead atoms. The fourth-order valence-electron chi connectivity index (χ4n) is 2.20. The maximum absolute atomic E-state index is 13.7. The summed E-state index contributed by atoms with van der Waals surface area (Å²) in [6.07, 6.45) is 7.65. The number of hydrogen-bond donors (Lipinski definition) is 0. The SMILES string of the molecule is C\C=C(OC)/C(OC)=C(\C=C\C/C(C)=C/c1ccc(F)cc1F)OC. The molecular weight excluding hydrogens is 326 g/mol. The van der Waals surface area contributed by atoms with Gasteiger partial charge in [0, 0.05) is 11.6 Å². The molecule has 25 heavy (non-hydrogen) atoms. The highest BCUT2D eigenvalue weighted by molar-refractivity contribution is 5.53. The summed E-state index contributed by atoms with van der Waals surface area (Å²) in [4.78, 5) is 0. The Labute approximate surface area is 147 Å². The molecule has 0 saturated heterocycles. The summed E-state index contributed by atoms with van der Waals surface area (Å²) in [7, 11) is 4.63. The summed E-state index contributed by atoms with van der Waals surface area (Å²) in [6.45, 7) is 3.70. The lowest BCUT2D eigenvalue weighted by molar-refractivity contribution is 0.190. The molecule has 0 radical (unpaired) electrons. The van der Waals surface area contributed by atoms with Gasteiger partial charge in [-0.1, -0.05) is 17.7 Å². The quantitative estimate of drug-likeness (QED) is 0.466. The molecule has 0 aliphatic rings. The zero-order chi connectivity index (χ0) is 18.8. The minimum Gasteiger partial charge on any atom is -0.493 e. The van der Waals surface area contributed by atoms with Crippen molar-refractivity contribution in [2.24, 2.45) is 0 Å². The fourth-order valence-corrected chi connectivity index (χ4v) is 2.20. The molecule has 0 spiro atoms. The Balaban J connectivity index is 2.94. The van der Waals surface area contributed by atoms with E-state index in [0.29, 0.717) is 29.3 Å². The second-order valence-electron chi connectivity index (χ2n) is 5.22. The van der Waals surface area contributed by atoms with Gasteiger partial charge in [0.05, 0.1) is 21.3 Å². The first-order valence-corrected chi connectivity index (χ1v) is 7.78. The second kappa shape index (κ2) is 10.3. The predicted octanol–water partition coefficient (Wildman–Crippen LogP) is 5.37. The minimum atomic E-state index is -0.591. The van der Waals surface area contributed by atoms with E-state index < -0.39 is 11.6 Å². The lowest BCUT2D eigenvalue weighted by Crippen LogP contribution is -2.00. The number of methoxy groups -OCH3 is 3. The Morgan fingerprint density at radius 2 is 1.80 bits per heavy atom. The molecule has 1 rings (SSSR count). The summed E-state index contributed by atoms with van der Waals surface area (Å²) < 4.78 is 42.5. The lowest BCUT2D eigenvalue weighted by Gasteiger charge is -2.12. The Morgan fingerprint density at radius 3 is 2.32 bits per heavy atom. The van der Waals surface area contributed by atoms with Crippen LogP contribution in [0.25, 0.3) is 6.08 Å². The number of benzene rings is 1.